The Kier molecular flexibility index (Phi) is 4.60. The van der Waals surface area contributed by atoms with Crippen LogP contribution in [0.5, 0.6) is 0 Å². The predicted molar refractivity (Wildman–Crippen MR) is 127 cm³/mol. The first kappa shape index (κ1) is 20.1. The van der Waals surface area contributed by atoms with Gasteiger partial charge in [-0.15, -0.1) is 0 Å². The lowest BCUT2D eigenvalue weighted by Gasteiger charge is -2.30. The summed E-state index contributed by atoms with van der Waals surface area (Å²) in [6.45, 7) is 4.17. The first-order chi connectivity index (χ1) is 16.0. The van der Waals surface area contributed by atoms with Gasteiger partial charge in [-0.25, -0.2) is 4.39 Å². The van der Waals surface area contributed by atoms with Crippen LogP contribution < -0.4 is 0 Å². The predicted octanol–water partition coefficient (Wildman–Crippen LogP) is 6.52. The minimum atomic E-state index is -1.19. The molecule has 1 aliphatic rings. The van der Waals surface area contributed by atoms with Gasteiger partial charge in [-0.2, -0.15) is 5.10 Å². The number of pyridine rings is 1. The van der Waals surface area contributed by atoms with Gasteiger partial charge in [0, 0.05) is 34.5 Å². The lowest BCUT2D eigenvalue weighted by molar-refractivity contribution is 0.0873. The Labute approximate surface area is 190 Å². The number of aryl methyl sites for hydroxylation is 2. The number of rotatable bonds is 4. The molecular formula is C26H26FN5O. The molecule has 1 aliphatic carbocycles. The van der Waals surface area contributed by atoms with Crippen LogP contribution in [0.15, 0.2) is 47.4 Å². The van der Waals surface area contributed by atoms with Gasteiger partial charge in [0.15, 0.2) is 0 Å². The van der Waals surface area contributed by atoms with Gasteiger partial charge in [0.1, 0.15) is 11.4 Å². The van der Waals surface area contributed by atoms with E-state index >= 15 is 4.39 Å². The number of halogens is 1. The van der Waals surface area contributed by atoms with Gasteiger partial charge < -0.3 is 9.09 Å². The number of benzene rings is 1. The summed E-state index contributed by atoms with van der Waals surface area (Å²) in [6.07, 6.45) is 9.98. The van der Waals surface area contributed by atoms with E-state index in [1.165, 1.54) is 0 Å². The van der Waals surface area contributed by atoms with Gasteiger partial charge in [-0.05, 0) is 50.5 Å². The van der Waals surface area contributed by atoms with Crippen molar-refractivity contribution in [3.05, 3.63) is 54.3 Å². The lowest BCUT2D eigenvalue weighted by Crippen LogP contribution is -2.31. The molecule has 0 saturated heterocycles. The van der Waals surface area contributed by atoms with Crippen molar-refractivity contribution in [2.45, 2.75) is 58.2 Å². The smallest absolute Gasteiger partial charge is 0.141 e. The van der Waals surface area contributed by atoms with E-state index in [-0.39, 0.29) is 0 Å². The van der Waals surface area contributed by atoms with Crippen molar-refractivity contribution in [3.63, 3.8) is 0 Å². The SMILES string of the molecule is Cc1noc(C)c1-c1cnc2c(-c3ccc4[nH]ncc4c3)cn(CC3(F)CCCCC3)c2c1. The quantitative estimate of drug-likeness (QED) is 0.343. The molecule has 6 nitrogen and oxygen atoms in total. The molecule has 1 saturated carbocycles. The van der Waals surface area contributed by atoms with Crippen LogP contribution in [0.1, 0.15) is 43.6 Å². The Bertz CT molecular complexity index is 1450. The summed E-state index contributed by atoms with van der Waals surface area (Å²) in [7, 11) is 0. The van der Waals surface area contributed by atoms with Crippen LogP contribution in [0.25, 0.3) is 44.2 Å². The highest BCUT2D eigenvalue weighted by Crippen LogP contribution is 2.38. The van der Waals surface area contributed by atoms with Crippen LogP contribution in [0.4, 0.5) is 4.39 Å². The van der Waals surface area contributed by atoms with Crippen LogP contribution in [0.3, 0.4) is 0 Å². The van der Waals surface area contributed by atoms with Crippen molar-refractivity contribution in [2.24, 2.45) is 0 Å². The summed E-state index contributed by atoms with van der Waals surface area (Å²) in [4.78, 5) is 4.86. The van der Waals surface area contributed by atoms with Crippen LogP contribution in [-0.4, -0.2) is 30.6 Å². The van der Waals surface area contributed by atoms with E-state index in [1.54, 1.807) is 0 Å². The number of nitrogens with one attached hydrogen (secondary N) is 1. The number of aromatic amines is 1. The first-order valence-electron chi connectivity index (χ1n) is 11.6. The molecule has 1 aromatic carbocycles. The van der Waals surface area contributed by atoms with E-state index < -0.39 is 5.67 Å². The van der Waals surface area contributed by atoms with Gasteiger partial charge in [0.25, 0.3) is 0 Å². The van der Waals surface area contributed by atoms with Gasteiger partial charge in [0.05, 0.1) is 35.0 Å². The van der Waals surface area contributed by atoms with Crippen molar-refractivity contribution in [2.75, 3.05) is 0 Å². The zero-order valence-corrected chi connectivity index (χ0v) is 18.9. The molecule has 6 rings (SSSR count). The second-order valence-corrected chi connectivity index (χ2v) is 9.35. The molecule has 4 aromatic heterocycles. The largest absolute Gasteiger partial charge is 0.361 e. The van der Waals surface area contributed by atoms with Crippen LogP contribution >= 0.6 is 0 Å². The number of hydrogen-bond acceptors (Lipinski definition) is 4. The molecule has 0 aliphatic heterocycles. The third kappa shape index (κ3) is 3.43. The molecule has 33 heavy (non-hydrogen) atoms. The minimum absolute atomic E-state index is 0.337. The van der Waals surface area contributed by atoms with Crippen molar-refractivity contribution in [1.29, 1.82) is 0 Å². The number of nitrogens with zero attached hydrogens (tertiary/aromatic N) is 4. The Morgan fingerprint density at radius 1 is 1.09 bits per heavy atom. The zero-order valence-electron chi connectivity index (χ0n) is 18.9. The molecule has 1 fully saturated rings. The van der Waals surface area contributed by atoms with E-state index in [4.69, 9.17) is 9.51 Å². The Balaban J connectivity index is 1.53. The first-order valence-corrected chi connectivity index (χ1v) is 11.6. The molecule has 5 aromatic rings. The van der Waals surface area contributed by atoms with Gasteiger partial charge >= 0.3 is 0 Å². The van der Waals surface area contributed by atoms with E-state index in [2.05, 4.69) is 44.3 Å². The summed E-state index contributed by atoms with van der Waals surface area (Å²) in [5.41, 5.74) is 6.35. The van der Waals surface area contributed by atoms with Crippen LogP contribution in [-0.2, 0) is 6.54 Å². The molecule has 4 heterocycles. The van der Waals surface area contributed by atoms with E-state index in [0.29, 0.717) is 19.4 Å². The summed E-state index contributed by atoms with van der Waals surface area (Å²) in [6, 6.07) is 8.29. The Morgan fingerprint density at radius 3 is 2.73 bits per heavy atom. The molecule has 0 bridgehead atoms. The molecule has 0 unspecified atom stereocenters. The van der Waals surface area contributed by atoms with E-state index in [1.807, 2.05) is 32.3 Å². The normalized spacial score (nSPS) is 16.1. The highest BCUT2D eigenvalue weighted by atomic mass is 19.1. The maximum absolute atomic E-state index is 15.8. The third-order valence-electron chi connectivity index (χ3n) is 6.99. The van der Waals surface area contributed by atoms with Crippen molar-refractivity contribution < 1.29 is 8.91 Å². The molecule has 0 spiro atoms. The number of aromatic nitrogens is 5. The maximum atomic E-state index is 15.8. The maximum Gasteiger partial charge on any atom is 0.141 e. The molecule has 0 atom stereocenters. The van der Waals surface area contributed by atoms with Crippen LogP contribution in [0.2, 0.25) is 0 Å². The molecule has 168 valence electrons. The highest BCUT2D eigenvalue weighted by molar-refractivity contribution is 5.97. The number of hydrogen-bond donors (Lipinski definition) is 1. The standard InChI is InChI=1S/C26H26FN5O/c1-16-24(17(2)33-31-16)20-11-23-25(28-12-20)21(18-6-7-22-19(10-18)13-29-30-22)14-32(23)15-26(27)8-4-3-5-9-26/h6-7,10-14H,3-5,8-9,15H2,1-2H3,(H,29,30). The molecule has 0 radical (unpaired) electrons. The number of H-pyrrole nitrogens is 1. The molecule has 1 N–H and O–H groups in total. The summed E-state index contributed by atoms with van der Waals surface area (Å²) >= 11 is 0. The van der Waals surface area contributed by atoms with Gasteiger partial charge in [0.2, 0.25) is 0 Å². The van der Waals surface area contributed by atoms with E-state index in [9.17, 15) is 0 Å². The Hall–Kier alpha value is -3.48. The molecule has 0 amide bonds. The van der Waals surface area contributed by atoms with Crippen molar-refractivity contribution in [3.8, 4) is 22.3 Å². The summed E-state index contributed by atoms with van der Waals surface area (Å²) < 4.78 is 23.2. The van der Waals surface area contributed by atoms with Crippen LogP contribution in [0, 0.1) is 13.8 Å². The third-order valence-corrected chi connectivity index (χ3v) is 6.99. The lowest BCUT2D eigenvalue weighted by atomic mass is 9.86. The monoisotopic (exact) mass is 443 g/mol. The fourth-order valence-electron chi connectivity index (χ4n) is 5.30. The Morgan fingerprint density at radius 2 is 1.94 bits per heavy atom. The van der Waals surface area contributed by atoms with Gasteiger partial charge in [-0.1, -0.05) is 30.5 Å². The average Bonchev–Trinajstić information content (AvgIpc) is 3.51. The fraction of sp³-hybridized carbons (Fsp3) is 0.346. The summed E-state index contributed by atoms with van der Waals surface area (Å²) in [5, 5.41) is 12.3. The fourth-order valence-corrected chi connectivity index (χ4v) is 5.30. The van der Waals surface area contributed by atoms with Crippen molar-refractivity contribution >= 4 is 21.9 Å². The average molecular weight is 444 g/mol. The second-order valence-electron chi connectivity index (χ2n) is 9.35. The zero-order chi connectivity index (χ0) is 22.6. The molecule has 7 heteroatoms. The summed E-state index contributed by atoms with van der Waals surface area (Å²) in [5.74, 6) is 0.756. The second kappa shape index (κ2) is 7.54. The molecular weight excluding hydrogens is 417 g/mol. The van der Waals surface area contributed by atoms with E-state index in [0.717, 1.165) is 74.9 Å². The minimum Gasteiger partial charge on any atom is -0.361 e. The highest BCUT2D eigenvalue weighted by Gasteiger charge is 2.33. The number of alkyl halides is 1. The topological polar surface area (TPSA) is 72.5 Å². The van der Waals surface area contributed by atoms with Gasteiger partial charge in [-0.3, -0.25) is 10.1 Å². The van der Waals surface area contributed by atoms with Crippen molar-refractivity contribution in [1.82, 2.24) is 24.9 Å². The number of fused-ring (bicyclic) bond motifs is 2.